The molecule has 0 radical (unpaired) electrons. The Balaban J connectivity index is 1.72. The quantitative estimate of drug-likeness (QED) is 0.740. The van der Waals surface area contributed by atoms with Gasteiger partial charge in [-0.1, -0.05) is 11.6 Å². The normalized spacial score (nSPS) is 20.1. The van der Waals surface area contributed by atoms with Crippen LogP contribution in [-0.2, 0) is 0 Å². The SMILES string of the molecule is Nc1ncc(Oc2ccc(Cl)cc2)c(N[C@H]2CC[C@@H](CCO)C2)n1. The molecule has 1 aromatic carbocycles. The number of nitrogens with one attached hydrogen (secondary N) is 1. The van der Waals surface area contributed by atoms with E-state index in [0.717, 1.165) is 25.7 Å². The van der Waals surface area contributed by atoms with Crippen LogP contribution in [0.1, 0.15) is 25.7 Å². The average molecular weight is 349 g/mol. The molecule has 0 spiro atoms. The van der Waals surface area contributed by atoms with Crippen molar-refractivity contribution in [3.8, 4) is 11.5 Å². The smallest absolute Gasteiger partial charge is 0.222 e. The highest BCUT2D eigenvalue weighted by Gasteiger charge is 2.25. The first kappa shape index (κ1) is 16.8. The Bertz CT molecular complexity index is 681. The molecule has 2 aromatic rings. The summed E-state index contributed by atoms with van der Waals surface area (Å²) >= 11 is 5.89. The second kappa shape index (κ2) is 7.68. The lowest BCUT2D eigenvalue weighted by Crippen LogP contribution is -2.18. The zero-order chi connectivity index (χ0) is 16.9. The van der Waals surface area contributed by atoms with Gasteiger partial charge in [-0.3, -0.25) is 0 Å². The summed E-state index contributed by atoms with van der Waals surface area (Å²) in [6.07, 6.45) is 5.56. The molecule has 1 aromatic heterocycles. The predicted molar refractivity (Wildman–Crippen MR) is 94.4 cm³/mol. The van der Waals surface area contributed by atoms with E-state index in [1.165, 1.54) is 0 Å². The van der Waals surface area contributed by atoms with E-state index in [0.29, 0.717) is 34.3 Å². The summed E-state index contributed by atoms with van der Waals surface area (Å²) in [6, 6.07) is 7.39. The summed E-state index contributed by atoms with van der Waals surface area (Å²) in [7, 11) is 0. The first-order valence-corrected chi connectivity index (χ1v) is 8.45. The second-order valence-corrected chi connectivity index (χ2v) is 6.47. The highest BCUT2D eigenvalue weighted by Crippen LogP contribution is 2.34. The Morgan fingerprint density at radius 1 is 1.29 bits per heavy atom. The van der Waals surface area contributed by atoms with Crippen molar-refractivity contribution in [2.45, 2.75) is 31.7 Å². The molecule has 1 aliphatic carbocycles. The van der Waals surface area contributed by atoms with Gasteiger partial charge in [-0.05, 0) is 55.9 Å². The molecule has 128 valence electrons. The summed E-state index contributed by atoms with van der Waals surface area (Å²) in [5, 5.41) is 13.1. The Hall–Kier alpha value is -2.05. The molecule has 1 fully saturated rings. The van der Waals surface area contributed by atoms with E-state index in [9.17, 15) is 0 Å². The number of nitrogen functional groups attached to an aromatic ring is 1. The van der Waals surface area contributed by atoms with E-state index >= 15 is 0 Å². The van der Waals surface area contributed by atoms with Crippen molar-refractivity contribution >= 4 is 23.4 Å². The van der Waals surface area contributed by atoms with Crippen molar-refractivity contribution in [1.82, 2.24) is 9.97 Å². The number of nitrogens with zero attached hydrogens (tertiary/aromatic N) is 2. The Labute approximate surface area is 146 Å². The molecule has 4 N–H and O–H groups in total. The van der Waals surface area contributed by atoms with Crippen LogP contribution in [-0.4, -0.2) is 27.7 Å². The fraction of sp³-hybridized carbons (Fsp3) is 0.412. The Kier molecular flexibility index (Phi) is 5.37. The van der Waals surface area contributed by atoms with Gasteiger partial charge in [0.2, 0.25) is 5.95 Å². The maximum Gasteiger partial charge on any atom is 0.222 e. The molecule has 0 unspecified atom stereocenters. The van der Waals surface area contributed by atoms with E-state index in [-0.39, 0.29) is 12.6 Å². The first-order valence-electron chi connectivity index (χ1n) is 8.07. The molecule has 1 heterocycles. The minimum Gasteiger partial charge on any atom is -0.452 e. The second-order valence-electron chi connectivity index (χ2n) is 6.03. The van der Waals surface area contributed by atoms with Crippen LogP contribution in [0.2, 0.25) is 5.02 Å². The molecular formula is C17H21ClN4O2. The molecule has 7 heteroatoms. The van der Waals surface area contributed by atoms with Crippen LogP contribution < -0.4 is 15.8 Å². The number of aliphatic hydroxyl groups excluding tert-OH is 1. The predicted octanol–water partition coefficient (Wildman–Crippen LogP) is 3.47. The number of hydrogen-bond donors (Lipinski definition) is 3. The molecule has 1 aliphatic rings. The van der Waals surface area contributed by atoms with Gasteiger partial charge in [0, 0.05) is 17.7 Å². The third-order valence-corrected chi connectivity index (χ3v) is 4.49. The molecule has 0 saturated heterocycles. The van der Waals surface area contributed by atoms with Crippen molar-refractivity contribution in [3.63, 3.8) is 0 Å². The monoisotopic (exact) mass is 348 g/mol. The van der Waals surface area contributed by atoms with Gasteiger partial charge in [-0.25, -0.2) is 4.98 Å². The largest absolute Gasteiger partial charge is 0.452 e. The molecule has 2 atom stereocenters. The van der Waals surface area contributed by atoms with Gasteiger partial charge < -0.3 is 20.9 Å². The summed E-state index contributed by atoms with van der Waals surface area (Å²) in [5.74, 6) is 2.52. The molecule has 6 nitrogen and oxygen atoms in total. The van der Waals surface area contributed by atoms with Gasteiger partial charge in [0.1, 0.15) is 5.75 Å². The van der Waals surface area contributed by atoms with Crippen LogP contribution in [0.5, 0.6) is 11.5 Å². The van der Waals surface area contributed by atoms with Gasteiger partial charge in [0.25, 0.3) is 0 Å². The van der Waals surface area contributed by atoms with Crippen LogP contribution in [0.4, 0.5) is 11.8 Å². The zero-order valence-corrected chi connectivity index (χ0v) is 14.0. The maximum absolute atomic E-state index is 9.08. The number of hydrogen-bond acceptors (Lipinski definition) is 6. The maximum atomic E-state index is 9.08. The number of rotatable bonds is 6. The highest BCUT2D eigenvalue weighted by molar-refractivity contribution is 6.30. The highest BCUT2D eigenvalue weighted by atomic mass is 35.5. The lowest BCUT2D eigenvalue weighted by molar-refractivity contribution is 0.258. The van der Waals surface area contributed by atoms with E-state index in [2.05, 4.69) is 15.3 Å². The van der Waals surface area contributed by atoms with Crippen LogP contribution in [0.15, 0.2) is 30.5 Å². The topological polar surface area (TPSA) is 93.3 Å². The van der Waals surface area contributed by atoms with Gasteiger partial charge in [0.15, 0.2) is 11.6 Å². The molecule has 0 amide bonds. The summed E-state index contributed by atoms with van der Waals surface area (Å²) in [4.78, 5) is 8.29. The number of nitrogens with two attached hydrogens (primary N) is 1. The zero-order valence-electron chi connectivity index (χ0n) is 13.3. The molecule has 0 bridgehead atoms. The lowest BCUT2D eigenvalue weighted by Gasteiger charge is -2.17. The number of anilines is 2. The minimum absolute atomic E-state index is 0.200. The van der Waals surface area contributed by atoms with Gasteiger partial charge in [-0.15, -0.1) is 0 Å². The molecular weight excluding hydrogens is 328 g/mol. The fourth-order valence-corrected chi connectivity index (χ4v) is 3.16. The minimum atomic E-state index is 0.200. The fourth-order valence-electron chi connectivity index (χ4n) is 3.04. The number of aliphatic hydroxyl groups is 1. The molecule has 1 saturated carbocycles. The van der Waals surface area contributed by atoms with Crippen molar-refractivity contribution in [2.24, 2.45) is 5.92 Å². The first-order chi connectivity index (χ1) is 11.6. The van der Waals surface area contributed by atoms with Crippen LogP contribution in [0.25, 0.3) is 0 Å². The third-order valence-electron chi connectivity index (χ3n) is 4.23. The van der Waals surface area contributed by atoms with Crippen LogP contribution in [0, 0.1) is 5.92 Å². The Morgan fingerprint density at radius 2 is 2.08 bits per heavy atom. The summed E-state index contributed by atoms with van der Waals surface area (Å²) in [5.41, 5.74) is 5.72. The van der Waals surface area contributed by atoms with E-state index < -0.39 is 0 Å². The third kappa shape index (κ3) is 4.27. The number of halogens is 1. The standard InChI is InChI=1S/C17H21ClN4O2/c18-12-2-5-14(6-3-12)24-15-10-20-17(19)22-16(15)21-13-4-1-11(9-13)7-8-23/h2-3,5-6,10-11,13,23H,1,4,7-9H2,(H3,19,20,21,22)/t11-,13-/m0/s1. The molecule has 3 rings (SSSR count). The van der Waals surface area contributed by atoms with Crippen LogP contribution in [0.3, 0.4) is 0 Å². The van der Waals surface area contributed by atoms with Crippen molar-refractivity contribution < 1.29 is 9.84 Å². The average Bonchev–Trinajstić information content (AvgIpc) is 3.00. The molecule has 0 aliphatic heterocycles. The van der Waals surface area contributed by atoms with Gasteiger partial charge in [0.05, 0.1) is 6.20 Å². The van der Waals surface area contributed by atoms with E-state index in [1.807, 2.05) is 0 Å². The van der Waals surface area contributed by atoms with E-state index in [1.54, 1.807) is 30.5 Å². The van der Waals surface area contributed by atoms with E-state index in [4.69, 9.17) is 27.2 Å². The number of aromatic nitrogens is 2. The van der Waals surface area contributed by atoms with Gasteiger partial charge >= 0.3 is 0 Å². The van der Waals surface area contributed by atoms with Crippen molar-refractivity contribution in [2.75, 3.05) is 17.7 Å². The number of benzene rings is 1. The Morgan fingerprint density at radius 3 is 2.83 bits per heavy atom. The van der Waals surface area contributed by atoms with Crippen molar-refractivity contribution in [1.29, 1.82) is 0 Å². The van der Waals surface area contributed by atoms with Crippen LogP contribution >= 0.6 is 11.6 Å². The summed E-state index contributed by atoms with van der Waals surface area (Å²) in [6.45, 7) is 0.239. The van der Waals surface area contributed by atoms with Gasteiger partial charge in [-0.2, -0.15) is 4.98 Å². The number of ether oxygens (including phenoxy) is 1. The molecule has 24 heavy (non-hydrogen) atoms. The van der Waals surface area contributed by atoms with Crippen molar-refractivity contribution in [3.05, 3.63) is 35.5 Å². The summed E-state index contributed by atoms with van der Waals surface area (Å²) < 4.78 is 5.86. The lowest BCUT2D eigenvalue weighted by atomic mass is 10.0.